The summed E-state index contributed by atoms with van der Waals surface area (Å²) in [4.78, 5) is 0. The molecule has 2 heteroatoms. The average Bonchev–Trinajstić information content (AvgIpc) is 2.68. The van der Waals surface area contributed by atoms with E-state index in [9.17, 15) is 0 Å². The van der Waals surface area contributed by atoms with Gasteiger partial charge in [-0.15, -0.1) is 0 Å². The van der Waals surface area contributed by atoms with Gasteiger partial charge in [-0.25, -0.2) is 0 Å². The Balaban J connectivity index is 2.64. The van der Waals surface area contributed by atoms with E-state index in [4.69, 9.17) is 4.42 Å². The number of benzene rings is 1. The second-order valence-corrected chi connectivity index (χ2v) is 3.94. The largest absolute Gasteiger partial charge is 0.456 e. The summed E-state index contributed by atoms with van der Waals surface area (Å²) in [6, 6.07) is 6.26. The first kappa shape index (κ1) is 11.7. The molecule has 0 fully saturated rings. The molecule has 2 nitrogen and oxygen atoms in total. The summed E-state index contributed by atoms with van der Waals surface area (Å²) in [5.41, 5.74) is 3.27. The zero-order valence-electron chi connectivity index (χ0n) is 10.3. The SMILES string of the molecule is C=Cc1oc2ccc(CNC)cc2c1/C=C\C. The van der Waals surface area contributed by atoms with Crippen LogP contribution in [-0.2, 0) is 6.54 Å². The molecule has 0 atom stereocenters. The highest BCUT2D eigenvalue weighted by molar-refractivity contribution is 5.91. The number of hydrogen-bond acceptors (Lipinski definition) is 2. The van der Waals surface area contributed by atoms with Gasteiger partial charge in [-0.2, -0.15) is 0 Å². The lowest BCUT2D eigenvalue weighted by atomic mass is 10.1. The third-order valence-corrected chi connectivity index (χ3v) is 2.72. The average molecular weight is 227 g/mol. The number of nitrogens with one attached hydrogen (secondary N) is 1. The van der Waals surface area contributed by atoms with Crippen molar-refractivity contribution in [3.8, 4) is 0 Å². The molecule has 0 saturated carbocycles. The quantitative estimate of drug-likeness (QED) is 0.858. The Morgan fingerprint density at radius 2 is 2.24 bits per heavy atom. The summed E-state index contributed by atoms with van der Waals surface area (Å²) in [5.74, 6) is 0.833. The van der Waals surface area contributed by atoms with Gasteiger partial charge in [-0.05, 0) is 37.7 Å². The molecule has 0 unspecified atom stereocenters. The normalized spacial score (nSPS) is 11.4. The van der Waals surface area contributed by atoms with Crippen LogP contribution >= 0.6 is 0 Å². The molecule has 0 saturated heterocycles. The summed E-state index contributed by atoms with van der Waals surface area (Å²) in [7, 11) is 1.95. The van der Waals surface area contributed by atoms with E-state index in [0.717, 1.165) is 28.8 Å². The first-order valence-electron chi connectivity index (χ1n) is 5.75. The van der Waals surface area contributed by atoms with Gasteiger partial charge in [0, 0.05) is 17.5 Å². The minimum atomic E-state index is 0.833. The fourth-order valence-electron chi connectivity index (χ4n) is 1.99. The molecule has 0 amide bonds. The Hall–Kier alpha value is -1.80. The van der Waals surface area contributed by atoms with Crippen LogP contribution in [0.1, 0.15) is 23.8 Å². The van der Waals surface area contributed by atoms with Gasteiger partial charge in [0.25, 0.3) is 0 Å². The smallest absolute Gasteiger partial charge is 0.135 e. The lowest BCUT2D eigenvalue weighted by Gasteiger charge is -1.99. The van der Waals surface area contributed by atoms with Gasteiger partial charge in [0.1, 0.15) is 11.3 Å². The van der Waals surface area contributed by atoms with Crippen LogP contribution in [0.4, 0.5) is 0 Å². The number of fused-ring (bicyclic) bond motifs is 1. The highest BCUT2D eigenvalue weighted by atomic mass is 16.3. The maximum atomic E-state index is 5.74. The molecular formula is C15H17NO. The topological polar surface area (TPSA) is 25.2 Å². The van der Waals surface area contributed by atoms with E-state index in [0.29, 0.717) is 0 Å². The Morgan fingerprint density at radius 3 is 2.88 bits per heavy atom. The van der Waals surface area contributed by atoms with Crippen molar-refractivity contribution in [1.82, 2.24) is 5.32 Å². The maximum Gasteiger partial charge on any atom is 0.135 e. The monoisotopic (exact) mass is 227 g/mol. The van der Waals surface area contributed by atoms with Crippen LogP contribution in [0.15, 0.2) is 35.3 Å². The fraction of sp³-hybridized carbons (Fsp3) is 0.200. The van der Waals surface area contributed by atoms with Gasteiger partial charge in [-0.1, -0.05) is 24.8 Å². The minimum absolute atomic E-state index is 0.833. The molecule has 0 aliphatic heterocycles. The highest BCUT2D eigenvalue weighted by Crippen LogP contribution is 2.28. The lowest BCUT2D eigenvalue weighted by Crippen LogP contribution is -2.04. The second-order valence-electron chi connectivity index (χ2n) is 3.94. The van der Waals surface area contributed by atoms with Crippen LogP contribution in [-0.4, -0.2) is 7.05 Å². The lowest BCUT2D eigenvalue weighted by molar-refractivity contribution is 0.603. The summed E-state index contributed by atoms with van der Waals surface area (Å²) in [6.07, 6.45) is 5.83. The molecule has 17 heavy (non-hydrogen) atoms. The van der Waals surface area contributed by atoms with Crippen LogP contribution in [0, 0.1) is 0 Å². The molecule has 0 aliphatic carbocycles. The van der Waals surface area contributed by atoms with Gasteiger partial charge >= 0.3 is 0 Å². The van der Waals surface area contributed by atoms with Gasteiger partial charge in [-0.3, -0.25) is 0 Å². The Morgan fingerprint density at radius 1 is 1.41 bits per heavy atom. The van der Waals surface area contributed by atoms with Crippen LogP contribution in [0.5, 0.6) is 0 Å². The number of furan rings is 1. The highest BCUT2D eigenvalue weighted by Gasteiger charge is 2.09. The molecule has 0 radical (unpaired) electrons. The zero-order chi connectivity index (χ0) is 12.3. The van der Waals surface area contributed by atoms with Crippen molar-refractivity contribution in [2.45, 2.75) is 13.5 Å². The van der Waals surface area contributed by atoms with Crippen molar-refractivity contribution in [1.29, 1.82) is 0 Å². The van der Waals surface area contributed by atoms with E-state index in [2.05, 4.69) is 30.1 Å². The minimum Gasteiger partial charge on any atom is -0.456 e. The number of rotatable bonds is 4. The van der Waals surface area contributed by atoms with Crippen LogP contribution < -0.4 is 5.32 Å². The molecule has 0 bridgehead atoms. The molecule has 1 aromatic heterocycles. The predicted octanol–water partition coefficient (Wildman–Crippen LogP) is 3.83. The molecule has 1 heterocycles. The van der Waals surface area contributed by atoms with Crippen molar-refractivity contribution < 1.29 is 4.42 Å². The van der Waals surface area contributed by atoms with E-state index in [1.807, 2.05) is 26.1 Å². The van der Waals surface area contributed by atoms with E-state index in [1.165, 1.54) is 5.56 Å². The van der Waals surface area contributed by atoms with Crippen molar-refractivity contribution in [3.63, 3.8) is 0 Å². The van der Waals surface area contributed by atoms with E-state index in [1.54, 1.807) is 6.08 Å². The van der Waals surface area contributed by atoms with Crippen molar-refractivity contribution in [2.24, 2.45) is 0 Å². The first-order valence-corrected chi connectivity index (χ1v) is 5.75. The molecular weight excluding hydrogens is 210 g/mol. The Kier molecular flexibility index (Phi) is 3.45. The number of allylic oxidation sites excluding steroid dienone is 1. The molecule has 0 spiro atoms. The summed E-state index contributed by atoms with van der Waals surface area (Å²) in [5, 5.41) is 4.30. The third-order valence-electron chi connectivity index (χ3n) is 2.72. The number of hydrogen-bond donors (Lipinski definition) is 1. The Labute approximate surface area is 102 Å². The third kappa shape index (κ3) is 2.17. The molecule has 0 aliphatic rings. The van der Waals surface area contributed by atoms with E-state index >= 15 is 0 Å². The van der Waals surface area contributed by atoms with Crippen molar-refractivity contribution in [3.05, 3.63) is 47.7 Å². The van der Waals surface area contributed by atoms with E-state index < -0.39 is 0 Å². The standard InChI is InChI=1S/C15H17NO/c1-4-6-12-13-9-11(10-16-3)7-8-15(13)17-14(12)5-2/h4-9,16H,2,10H2,1,3H3/b6-4-. The van der Waals surface area contributed by atoms with Crippen LogP contribution in [0.3, 0.4) is 0 Å². The van der Waals surface area contributed by atoms with Gasteiger partial charge < -0.3 is 9.73 Å². The fourth-order valence-corrected chi connectivity index (χ4v) is 1.99. The maximum absolute atomic E-state index is 5.74. The van der Waals surface area contributed by atoms with Gasteiger partial charge in [0.2, 0.25) is 0 Å². The van der Waals surface area contributed by atoms with Gasteiger partial charge in [0.15, 0.2) is 0 Å². The summed E-state index contributed by atoms with van der Waals surface area (Å²) >= 11 is 0. The summed E-state index contributed by atoms with van der Waals surface area (Å²) in [6.45, 7) is 6.65. The second kappa shape index (κ2) is 5.02. The predicted molar refractivity (Wildman–Crippen MR) is 73.8 cm³/mol. The van der Waals surface area contributed by atoms with E-state index in [-0.39, 0.29) is 0 Å². The van der Waals surface area contributed by atoms with Crippen LogP contribution in [0.25, 0.3) is 23.1 Å². The zero-order valence-corrected chi connectivity index (χ0v) is 10.3. The molecule has 88 valence electrons. The molecule has 1 aromatic carbocycles. The molecule has 1 N–H and O–H groups in total. The van der Waals surface area contributed by atoms with Crippen molar-refractivity contribution >= 4 is 23.1 Å². The first-order chi connectivity index (χ1) is 8.30. The van der Waals surface area contributed by atoms with Crippen molar-refractivity contribution in [2.75, 3.05) is 7.05 Å². The molecule has 2 rings (SSSR count). The Bertz CT molecular complexity index is 564. The summed E-state index contributed by atoms with van der Waals surface area (Å²) < 4.78 is 5.74. The van der Waals surface area contributed by atoms with Crippen LogP contribution in [0.2, 0.25) is 0 Å². The molecule has 2 aromatic rings. The van der Waals surface area contributed by atoms with Gasteiger partial charge in [0.05, 0.1) is 0 Å².